The molecule has 3 aromatic rings. The second-order valence-corrected chi connectivity index (χ2v) is 18.3. The van der Waals surface area contributed by atoms with Crippen LogP contribution >= 0.6 is 0 Å². The highest BCUT2D eigenvalue weighted by molar-refractivity contribution is 6.89. The van der Waals surface area contributed by atoms with Crippen molar-refractivity contribution in [1.82, 2.24) is 0 Å². The van der Waals surface area contributed by atoms with Gasteiger partial charge in [-0.3, -0.25) is 9.59 Å². The molecule has 0 aromatic heterocycles. The molecule has 1 aliphatic heterocycles. The highest BCUT2D eigenvalue weighted by atomic mass is 28.3. The van der Waals surface area contributed by atoms with Crippen molar-refractivity contribution >= 4 is 37.1 Å². The van der Waals surface area contributed by atoms with E-state index in [2.05, 4.69) is 74.3 Å². The second-order valence-electron chi connectivity index (χ2n) is 13.4. The summed E-state index contributed by atoms with van der Waals surface area (Å²) in [6, 6.07) is 22.1. The Morgan fingerprint density at radius 2 is 1.22 bits per heavy atom. The van der Waals surface area contributed by atoms with Gasteiger partial charge in [0.05, 0.1) is 27.5 Å². The molecule has 0 N–H and O–H groups in total. The Bertz CT molecular complexity index is 1650. The van der Waals surface area contributed by atoms with Crippen molar-refractivity contribution in [2.75, 3.05) is 6.61 Å². The van der Waals surface area contributed by atoms with E-state index in [1.54, 1.807) is 13.8 Å². The van der Waals surface area contributed by atoms with Gasteiger partial charge in [0.2, 0.25) is 0 Å². The van der Waals surface area contributed by atoms with Gasteiger partial charge < -0.3 is 18.9 Å². The number of cyclic esters (lactones) is 2. The van der Waals surface area contributed by atoms with Gasteiger partial charge in [0, 0.05) is 28.2 Å². The van der Waals surface area contributed by atoms with Crippen molar-refractivity contribution in [2.45, 2.75) is 78.8 Å². The lowest BCUT2D eigenvalue weighted by atomic mass is 9.96. The van der Waals surface area contributed by atoms with Crippen LogP contribution in [0.2, 0.25) is 19.1 Å². The molecule has 0 bridgehead atoms. The minimum atomic E-state index is -1.47. The number of hydrogen-bond donors (Lipinski definition) is 0. The number of carbonyl (C=O) groups is 4. The van der Waals surface area contributed by atoms with Crippen LogP contribution in [0.25, 0.3) is 22.3 Å². The summed E-state index contributed by atoms with van der Waals surface area (Å²) >= 11 is 0. The fraction of sp³-hybridized carbons (Fsp3) is 0.350. The summed E-state index contributed by atoms with van der Waals surface area (Å²) in [6.07, 6.45) is 2.51. The Kier molecular flexibility index (Phi) is 12.5. The highest BCUT2D eigenvalue weighted by Crippen LogP contribution is 2.35. The molecule has 49 heavy (non-hydrogen) atoms. The number of carbonyl (C=O) groups excluding carboxylic acids is 4. The summed E-state index contributed by atoms with van der Waals surface area (Å²) < 4.78 is 22.0. The predicted octanol–water partition coefficient (Wildman–Crippen LogP) is 7.83. The van der Waals surface area contributed by atoms with Gasteiger partial charge in [-0.2, -0.15) is 0 Å². The summed E-state index contributed by atoms with van der Waals surface area (Å²) in [5.74, 6) is -2.43. The van der Waals surface area contributed by atoms with Crippen LogP contribution in [0, 0.1) is 5.92 Å². The van der Waals surface area contributed by atoms with Crippen molar-refractivity contribution in [3.8, 4) is 28.0 Å². The van der Waals surface area contributed by atoms with Crippen LogP contribution in [0.5, 0.6) is 5.75 Å². The molecule has 1 fully saturated rings. The lowest BCUT2D eigenvalue weighted by Crippen LogP contribution is -2.40. The third kappa shape index (κ3) is 10.1. The van der Waals surface area contributed by atoms with Gasteiger partial charge in [-0.25, -0.2) is 9.59 Å². The van der Waals surface area contributed by atoms with E-state index in [4.69, 9.17) is 14.2 Å². The zero-order valence-corrected chi connectivity index (χ0v) is 30.2. The quantitative estimate of drug-likeness (QED) is 0.0525. The molecule has 258 valence electrons. The van der Waals surface area contributed by atoms with E-state index in [0.717, 1.165) is 22.3 Å². The summed E-state index contributed by atoms with van der Waals surface area (Å²) in [5, 5.41) is 1.46. The van der Waals surface area contributed by atoms with Gasteiger partial charge in [-0.15, -0.1) is 0 Å². The van der Waals surface area contributed by atoms with Crippen molar-refractivity contribution in [2.24, 2.45) is 5.92 Å². The monoisotopic (exact) mass is 682 g/mol. The Morgan fingerprint density at radius 3 is 1.67 bits per heavy atom. The highest BCUT2D eigenvalue weighted by Gasteiger charge is 2.29. The first-order chi connectivity index (χ1) is 23.3. The van der Waals surface area contributed by atoms with Gasteiger partial charge in [0.1, 0.15) is 19.0 Å². The molecule has 0 radical (unpaired) electrons. The van der Waals surface area contributed by atoms with Crippen molar-refractivity contribution in [3.63, 3.8) is 0 Å². The maximum Gasteiger partial charge on any atom is 0.333 e. The molecule has 0 unspecified atom stereocenters. The predicted molar refractivity (Wildman–Crippen MR) is 193 cm³/mol. The Morgan fingerprint density at radius 1 is 0.776 bits per heavy atom. The van der Waals surface area contributed by atoms with Crippen LogP contribution in [-0.4, -0.2) is 38.6 Å². The first kappa shape index (κ1) is 37.1. The molecule has 0 saturated carbocycles. The standard InChI is InChI=1S/C40H46O8Si/c1-8-9-18-49(6,7)35-16-14-30(15-17-35)29-10-12-31(13-11-29)32-21-33(24-46-39(43)26(2)3)38(34(22-32)25-47-40(44)27(4)5)45-23-28-19-36(41)48-37(42)20-28/h10-17,21-22,28H,2,4,8-9,18-20,23-25H2,1,3,5-7H3. The van der Waals surface area contributed by atoms with Crippen molar-refractivity contribution in [1.29, 1.82) is 0 Å². The lowest BCUT2D eigenvalue weighted by Gasteiger charge is -2.23. The minimum absolute atomic E-state index is 0.0226. The number of rotatable bonds is 15. The molecular weight excluding hydrogens is 637 g/mol. The first-order valence-electron chi connectivity index (χ1n) is 16.7. The van der Waals surface area contributed by atoms with E-state index < -0.39 is 37.9 Å². The van der Waals surface area contributed by atoms with Crippen LogP contribution < -0.4 is 9.92 Å². The molecule has 3 aromatic carbocycles. The van der Waals surface area contributed by atoms with Crippen LogP contribution in [0.4, 0.5) is 0 Å². The molecule has 4 rings (SSSR count). The molecule has 1 heterocycles. The van der Waals surface area contributed by atoms with Crippen molar-refractivity contribution in [3.05, 3.63) is 96.1 Å². The number of unbranched alkanes of at least 4 members (excludes halogenated alkanes) is 1. The summed E-state index contributed by atoms with van der Waals surface area (Å²) in [6.45, 7) is 17.3. The van der Waals surface area contributed by atoms with E-state index >= 15 is 0 Å². The molecule has 0 spiro atoms. The van der Waals surface area contributed by atoms with Gasteiger partial charge in [-0.1, -0.05) is 106 Å². The molecule has 1 aliphatic rings. The fourth-order valence-corrected chi connectivity index (χ4v) is 8.25. The Labute approximate surface area is 290 Å². The number of esters is 4. The summed E-state index contributed by atoms with van der Waals surface area (Å²) in [7, 11) is -1.47. The third-order valence-corrected chi connectivity index (χ3v) is 12.1. The zero-order valence-electron chi connectivity index (χ0n) is 29.2. The van der Waals surface area contributed by atoms with E-state index in [1.807, 2.05) is 24.3 Å². The fourth-order valence-electron chi connectivity index (χ4n) is 5.66. The van der Waals surface area contributed by atoms with E-state index in [0.29, 0.717) is 16.9 Å². The van der Waals surface area contributed by atoms with E-state index in [1.165, 1.54) is 24.1 Å². The molecule has 0 aliphatic carbocycles. The maximum absolute atomic E-state index is 12.4. The smallest absolute Gasteiger partial charge is 0.333 e. The largest absolute Gasteiger partial charge is 0.492 e. The van der Waals surface area contributed by atoms with Crippen LogP contribution in [0.3, 0.4) is 0 Å². The van der Waals surface area contributed by atoms with Crippen LogP contribution in [0.1, 0.15) is 57.6 Å². The van der Waals surface area contributed by atoms with Gasteiger partial charge >= 0.3 is 23.9 Å². The van der Waals surface area contributed by atoms with Crippen molar-refractivity contribution < 1.29 is 38.1 Å². The molecular formula is C40H46O8Si. The average Bonchev–Trinajstić information content (AvgIpc) is 3.07. The lowest BCUT2D eigenvalue weighted by molar-refractivity contribution is -0.166. The SMILES string of the molecule is C=C(C)C(=O)OCc1cc(-c2ccc(-c3ccc([Si](C)(C)CCCC)cc3)cc2)cc(COC(=O)C(=C)C)c1OCC1CC(=O)OC(=O)C1. The topological polar surface area (TPSA) is 105 Å². The maximum atomic E-state index is 12.4. The zero-order chi connectivity index (χ0) is 35.7. The molecule has 1 saturated heterocycles. The third-order valence-electron chi connectivity index (χ3n) is 8.63. The molecule has 0 amide bonds. The normalized spacial score (nSPS) is 13.4. The number of benzene rings is 3. The van der Waals surface area contributed by atoms with E-state index in [-0.39, 0.29) is 43.8 Å². The van der Waals surface area contributed by atoms with Gasteiger partial charge in [0.15, 0.2) is 0 Å². The van der Waals surface area contributed by atoms with E-state index in [9.17, 15) is 19.2 Å². The molecule has 9 heteroatoms. The molecule has 8 nitrogen and oxygen atoms in total. The number of ether oxygens (including phenoxy) is 4. The minimum Gasteiger partial charge on any atom is -0.492 e. The second kappa shape index (κ2) is 16.6. The number of hydrogen-bond acceptors (Lipinski definition) is 8. The Hall–Kier alpha value is -4.76. The Balaban J connectivity index is 1.68. The first-order valence-corrected chi connectivity index (χ1v) is 19.9. The summed E-state index contributed by atoms with van der Waals surface area (Å²) in [5.41, 5.74) is 5.41. The summed E-state index contributed by atoms with van der Waals surface area (Å²) in [4.78, 5) is 48.6. The van der Waals surface area contributed by atoms with Crippen LogP contribution in [0.15, 0.2) is 85.0 Å². The van der Waals surface area contributed by atoms with Crippen LogP contribution in [-0.2, 0) is 46.6 Å². The van der Waals surface area contributed by atoms with Gasteiger partial charge in [-0.05, 0) is 48.2 Å². The van der Waals surface area contributed by atoms with Gasteiger partial charge in [0.25, 0.3) is 0 Å². The molecule has 0 atom stereocenters. The average molecular weight is 683 g/mol.